The molecule has 0 aromatic heterocycles. The molecular weight excluding hydrogens is 246 g/mol. The first-order chi connectivity index (χ1) is 9.70. The number of para-hydroxylation sites is 2. The van der Waals surface area contributed by atoms with Crippen LogP contribution in [0.4, 0.5) is 11.4 Å². The van der Waals surface area contributed by atoms with E-state index in [0.29, 0.717) is 12.1 Å². The van der Waals surface area contributed by atoms with Gasteiger partial charge >= 0.3 is 0 Å². The van der Waals surface area contributed by atoms with Gasteiger partial charge in [0.1, 0.15) is 0 Å². The van der Waals surface area contributed by atoms with Crippen molar-refractivity contribution < 1.29 is 0 Å². The van der Waals surface area contributed by atoms with Crippen LogP contribution in [0.2, 0.25) is 0 Å². The molecule has 0 bridgehead atoms. The van der Waals surface area contributed by atoms with E-state index in [1.165, 1.54) is 30.6 Å². The van der Waals surface area contributed by atoms with Crippen LogP contribution in [0.5, 0.6) is 0 Å². The summed E-state index contributed by atoms with van der Waals surface area (Å²) >= 11 is 0. The lowest BCUT2D eigenvalue weighted by molar-refractivity contribution is 0.360. The lowest BCUT2D eigenvalue weighted by atomic mass is 10.0. The summed E-state index contributed by atoms with van der Waals surface area (Å²) in [6, 6.07) is 10.1. The summed E-state index contributed by atoms with van der Waals surface area (Å²) in [4.78, 5) is 4.88. The monoisotopic (exact) mass is 273 g/mol. The summed E-state index contributed by atoms with van der Waals surface area (Å²) in [6.07, 6.45) is 4.03. The van der Waals surface area contributed by atoms with Crippen molar-refractivity contribution in [1.29, 1.82) is 0 Å². The smallest absolute Gasteiger partial charge is 0.0607 e. The van der Waals surface area contributed by atoms with Crippen LogP contribution < -0.4 is 15.1 Å². The Hall–Kier alpha value is -1.22. The number of hydrogen-bond acceptors (Lipinski definition) is 3. The maximum Gasteiger partial charge on any atom is 0.0607 e. The topological polar surface area (TPSA) is 18.5 Å². The molecule has 1 heterocycles. The van der Waals surface area contributed by atoms with Crippen molar-refractivity contribution in [3.63, 3.8) is 0 Å². The highest BCUT2D eigenvalue weighted by Gasteiger charge is 2.37. The number of nitrogens with one attached hydrogen (secondary N) is 1. The summed E-state index contributed by atoms with van der Waals surface area (Å²) in [5.41, 5.74) is 2.74. The molecule has 1 aromatic rings. The van der Waals surface area contributed by atoms with E-state index in [0.717, 1.165) is 19.0 Å². The average Bonchev–Trinajstić information content (AvgIpc) is 3.31. The third-order valence-electron chi connectivity index (χ3n) is 4.79. The molecule has 20 heavy (non-hydrogen) atoms. The molecule has 2 unspecified atom stereocenters. The van der Waals surface area contributed by atoms with Gasteiger partial charge in [0, 0.05) is 39.3 Å². The minimum atomic E-state index is 0.617. The second-order valence-corrected chi connectivity index (χ2v) is 6.45. The van der Waals surface area contributed by atoms with Crippen molar-refractivity contribution in [3.8, 4) is 0 Å². The quantitative estimate of drug-likeness (QED) is 0.910. The molecule has 1 aromatic carbocycles. The Morgan fingerprint density at radius 1 is 1.25 bits per heavy atom. The van der Waals surface area contributed by atoms with Gasteiger partial charge in [0.05, 0.1) is 11.4 Å². The Balaban J connectivity index is 1.88. The lowest BCUT2D eigenvalue weighted by Gasteiger charge is -2.43. The fourth-order valence-corrected chi connectivity index (χ4v) is 3.38. The van der Waals surface area contributed by atoms with E-state index in [9.17, 15) is 0 Å². The zero-order valence-corrected chi connectivity index (χ0v) is 13.0. The van der Waals surface area contributed by atoms with Crippen molar-refractivity contribution in [2.45, 2.75) is 38.3 Å². The number of hydrogen-bond donors (Lipinski definition) is 1. The largest absolute Gasteiger partial charge is 0.376 e. The fourth-order valence-electron chi connectivity index (χ4n) is 3.38. The molecule has 0 spiro atoms. The van der Waals surface area contributed by atoms with E-state index in [2.05, 4.69) is 60.4 Å². The van der Waals surface area contributed by atoms with Crippen molar-refractivity contribution in [1.82, 2.24) is 5.32 Å². The fraction of sp³-hybridized carbons (Fsp3) is 0.647. The molecule has 1 saturated carbocycles. The maximum absolute atomic E-state index is 3.78. The van der Waals surface area contributed by atoms with Gasteiger partial charge in [-0.1, -0.05) is 19.1 Å². The van der Waals surface area contributed by atoms with Gasteiger partial charge in [-0.25, -0.2) is 0 Å². The minimum Gasteiger partial charge on any atom is -0.376 e. The number of rotatable bonds is 4. The zero-order valence-electron chi connectivity index (χ0n) is 13.0. The molecule has 2 atom stereocenters. The van der Waals surface area contributed by atoms with Crippen LogP contribution in [-0.2, 0) is 0 Å². The normalized spacial score (nSPS) is 26.6. The Morgan fingerprint density at radius 2 is 2.00 bits per heavy atom. The van der Waals surface area contributed by atoms with E-state index in [1.807, 2.05) is 0 Å². The molecule has 3 heteroatoms. The SMILES string of the molecule is CCC1CNC(C2CC2)CN1c1ccccc1N(C)C. The molecule has 3 nitrogen and oxygen atoms in total. The molecule has 110 valence electrons. The van der Waals surface area contributed by atoms with Crippen molar-refractivity contribution in [2.24, 2.45) is 5.92 Å². The van der Waals surface area contributed by atoms with Gasteiger partial charge < -0.3 is 15.1 Å². The van der Waals surface area contributed by atoms with Gasteiger partial charge in [0.2, 0.25) is 0 Å². The Kier molecular flexibility index (Phi) is 3.88. The zero-order chi connectivity index (χ0) is 14.1. The maximum atomic E-state index is 3.78. The van der Waals surface area contributed by atoms with Gasteiger partial charge in [-0.3, -0.25) is 0 Å². The highest BCUT2D eigenvalue weighted by molar-refractivity contribution is 5.71. The first-order valence-corrected chi connectivity index (χ1v) is 7.97. The predicted octanol–water partition coefficient (Wildman–Crippen LogP) is 2.72. The second-order valence-electron chi connectivity index (χ2n) is 6.45. The third kappa shape index (κ3) is 2.64. The standard InChI is InChI=1S/C17H27N3/c1-4-14-11-18-15(13-9-10-13)12-20(14)17-8-6-5-7-16(17)19(2)3/h5-8,13-15,18H,4,9-12H2,1-3H3. The molecule has 0 radical (unpaired) electrons. The van der Waals surface area contributed by atoms with Crippen molar-refractivity contribution in [2.75, 3.05) is 37.0 Å². The number of anilines is 2. The molecule has 3 rings (SSSR count). The molecule has 2 fully saturated rings. The lowest BCUT2D eigenvalue weighted by Crippen LogP contribution is -2.57. The van der Waals surface area contributed by atoms with Crippen LogP contribution in [0, 0.1) is 5.92 Å². The number of benzene rings is 1. The van der Waals surface area contributed by atoms with Crippen LogP contribution in [-0.4, -0.2) is 39.3 Å². The van der Waals surface area contributed by atoms with Crippen LogP contribution >= 0.6 is 0 Å². The van der Waals surface area contributed by atoms with Crippen molar-refractivity contribution >= 4 is 11.4 Å². The van der Waals surface area contributed by atoms with Gasteiger partial charge in [0.25, 0.3) is 0 Å². The van der Waals surface area contributed by atoms with Crippen LogP contribution in [0.15, 0.2) is 24.3 Å². The van der Waals surface area contributed by atoms with E-state index in [1.54, 1.807) is 0 Å². The van der Waals surface area contributed by atoms with Gasteiger partial charge in [-0.05, 0) is 37.3 Å². The number of piperazine rings is 1. The van der Waals surface area contributed by atoms with Crippen LogP contribution in [0.1, 0.15) is 26.2 Å². The summed E-state index contributed by atoms with van der Waals surface area (Å²) in [7, 11) is 4.28. The molecule has 2 aliphatic rings. The van der Waals surface area contributed by atoms with Crippen LogP contribution in [0.3, 0.4) is 0 Å². The molecular formula is C17H27N3. The molecule has 1 N–H and O–H groups in total. The second kappa shape index (κ2) is 5.65. The van der Waals surface area contributed by atoms with Gasteiger partial charge in [-0.15, -0.1) is 0 Å². The van der Waals surface area contributed by atoms with Gasteiger partial charge in [0.15, 0.2) is 0 Å². The van der Waals surface area contributed by atoms with E-state index in [-0.39, 0.29) is 0 Å². The summed E-state index contributed by atoms with van der Waals surface area (Å²) in [5, 5.41) is 3.78. The Labute approximate surface area is 123 Å². The third-order valence-corrected chi connectivity index (χ3v) is 4.79. The highest BCUT2D eigenvalue weighted by Crippen LogP contribution is 2.37. The van der Waals surface area contributed by atoms with Gasteiger partial charge in [-0.2, -0.15) is 0 Å². The summed E-state index contributed by atoms with van der Waals surface area (Å²) in [6.45, 7) is 4.59. The predicted molar refractivity (Wildman–Crippen MR) is 86.7 cm³/mol. The van der Waals surface area contributed by atoms with E-state index >= 15 is 0 Å². The summed E-state index contributed by atoms with van der Waals surface area (Å²) in [5.74, 6) is 0.918. The van der Waals surface area contributed by atoms with E-state index < -0.39 is 0 Å². The first-order valence-electron chi connectivity index (χ1n) is 7.97. The highest BCUT2D eigenvalue weighted by atomic mass is 15.3. The molecule has 0 amide bonds. The first kappa shape index (κ1) is 13.7. The molecule has 1 aliphatic heterocycles. The minimum absolute atomic E-state index is 0.617. The average molecular weight is 273 g/mol. The van der Waals surface area contributed by atoms with E-state index in [4.69, 9.17) is 0 Å². The van der Waals surface area contributed by atoms with Crippen molar-refractivity contribution in [3.05, 3.63) is 24.3 Å². The number of nitrogens with zero attached hydrogens (tertiary/aromatic N) is 2. The molecule has 1 aliphatic carbocycles. The summed E-state index contributed by atoms with van der Waals surface area (Å²) < 4.78 is 0. The molecule has 1 saturated heterocycles. The Morgan fingerprint density at radius 3 is 2.65 bits per heavy atom. The Bertz CT molecular complexity index is 453. The van der Waals surface area contributed by atoms with Crippen LogP contribution in [0.25, 0.3) is 0 Å².